The molecule has 0 saturated heterocycles. The van der Waals surface area contributed by atoms with E-state index in [-0.39, 0.29) is 11.5 Å². The SMILES string of the molecule is Cc1cc(O)cc(OCCCCS(=O)(=O)O)c1. The van der Waals surface area contributed by atoms with Crippen molar-refractivity contribution in [1.82, 2.24) is 0 Å². The van der Waals surface area contributed by atoms with E-state index in [0.717, 1.165) is 5.56 Å². The molecule has 0 fully saturated rings. The van der Waals surface area contributed by atoms with Crippen LogP contribution in [0.1, 0.15) is 18.4 Å². The largest absolute Gasteiger partial charge is 0.508 e. The van der Waals surface area contributed by atoms with Gasteiger partial charge in [0.2, 0.25) is 0 Å². The minimum atomic E-state index is -3.88. The monoisotopic (exact) mass is 260 g/mol. The van der Waals surface area contributed by atoms with Gasteiger partial charge in [0, 0.05) is 6.07 Å². The number of unbranched alkanes of at least 4 members (excludes halogenated alkanes) is 1. The molecule has 0 bridgehead atoms. The van der Waals surface area contributed by atoms with Crippen LogP contribution in [0.5, 0.6) is 11.5 Å². The first-order chi connectivity index (χ1) is 7.87. The first kappa shape index (κ1) is 13.8. The number of rotatable bonds is 6. The van der Waals surface area contributed by atoms with Crippen molar-refractivity contribution in [2.75, 3.05) is 12.4 Å². The van der Waals surface area contributed by atoms with Gasteiger partial charge < -0.3 is 9.84 Å². The van der Waals surface area contributed by atoms with E-state index in [1.54, 1.807) is 12.1 Å². The van der Waals surface area contributed by atoms with E-state index in [4.69, 9.17) is 9.29 Å². The summed E-state index contributed by atoms with van der Waals surface area (Å²) in [5.41, 5.74) is 0.887. The molecule has 1 rings (SSSR count). The van der Waals surface area contributed by atoms with Gasteiger partial charge in [-0.2, -0.15) is 8.42 Å². The summed E-state index contributed by atoms with van der Waals surface area (Å²) in [6.07, 6.45) is 0.866. The Balaban J connectivity index is 2.31. The van der Waals surface area contributed by atoms with Crippen molar-refractivity contribution in [2.24, 2.45) is 0 Å². The van der Waals surface area contributed by atoms with E-state index < -0.39 is 10.1 Å². The molecule has 0 amide bonds. The fraction of sp³-hybridized carbons (Fsp3) is 0.455. The molecule has 6 heteroatoms. The Labute approximate surface area is 101 Å². The molecule has 2 N–H and O–H groups in total. The highest BCUT2D eigenvalue weighted by Gasteiger charge is 2.04. The highest BCUT2D eigenvalue weighted by atomic mass is 32.2. The Bertz CT molecular complexity index is 447. The fourth-order valence-electron chi connectivity index (χ4n) is 1.39. The second kappa shape index (κ2) is 5.88. The molecule has 0 heterocycles. The van der Waals surface area contributed by atoms with Crippen LogP contribution >= 0.6 is 0 Å². The van der Waals surface area contributed by atoms with Crippen molar-refractivity contribution >= 4 is 10.1 Å². The number of hydrogen-bond donors (Lipinski definition) is 2. The maximum Gasteiger partial charge on any atom is 0.264 e. The first-order valence-corrected chi connectivity index (χ1v) is 6.86. The molecule has 5 nitrogen and oxygen atoms in total. The van der Waals surface area contributed by atoms with Crippen molar-refractivity contribution in [3.63, 3.8) is 0 Å². The van der Waals surface area contributed by atoms with Gasteiger partial charge in [-0.05, 0) is 37.5 Å². The maximum absolute atomic E-state index is 10.4. The minimum Gasteiger partial charge on any atom is -0.508 e. The summed E-state index contributed by atoms with van der Waals surface area (Å²) < 4.78 is 34.7. The van der Waals surface area contributed by atoms with Crippen LogP contribution < -0.4 is 4.74 Å². The van der Waals surface area contributed by atoms with Gasteiger partial charge in [-0.1, -0.05) is 0 Å². The quantitative estimate of drug-likeness (QED) is 0.601. The molecule has 1 aromatic carbocycles. The third kappa shape index (κ3) is 6.13. The van der Waals surface area contributed by atoms with Gasteiger partial charge in [-0.15, -0.1) is 0 Å². The molecular weight excluding hydrogens is 244 g/mol. The second-order valence-electron chi connectivity index (χ2n) is 3.85. The molecule has 0 atom stereocenters. The lowest BCUT2D eigenvalue weighted by molar-refractivity contribution is 0.307. The third-order valence-electron chi connectivity index (χ3n) is 2.10. The predicted octanol–water partition coefficient (Wildman–Crippen LogP) is 1.75. The van der Waals surface area contributed by atoms with Gasteiger partial charge in [0.05, 0.1) is 12.4 Å². The molecule has 0 saturated carbocycles. The lowest BCUT2D eigenvalue weighted by Gasteiger charge is -2.07. The standard InChI is InChI=1S/C11H16O5S/c1-9-6-10(12)8-11(7-9)16-4-2-3-5-17(13,14)15/h6-8,12H,2-5H2,1H3,(H,13,14,15). The molecule has 0 spiro atoms. The summed E-state index contributed by atoms with van der Waals surface area (Å²) in [4.78, 5) is 0. The number of phenols is 1. The Morgan fingerprint density at radius 2 is 1.94 bits per heavy atom. The van der Waals surface area contributed by atoms with Crippen LogP contribution in [0.3, 0.4) is 0 Å². The number of phenolic OH excluding ortho intramolecular Hbond substituents is 1. The lowest BCUT2D eigenvalue weighted by Crippen LogP contribution is -2.06. The molecule has 0 radical (unpaired) electrons. The number of hydrogen-bond acceptors (Lipinski definition) is 4. The average Bonchev–Trinajstić information content (AvgIpc) is 2.13. The van der Waals surface area contributed by atoms with Crippen LogP contribution in [0, 0.1) is 6.92 Å². The molecule has 0 aliphatic rings. The zero-order valence-electron chi connectivity index (χ0n) is 9.59. The summed E-state index contributed by atoms with van der Waals surface area (Å²) >= 11 is 0. The van der Waals surface area contributed by atoms with Crippen LogP contribution in [0.4, 0.5) is 0 Å². The Kier molecular flexibility index (Phi) is 4.77. The smallest absolute Gasteiger partial charge is 0.264 e. The molecule has 17 heavy (non-hydrogen) atoms. The van der Waals surface area contributed by atoms with Crippen LogP contribution in [0.25, 0.3) is 0 Å². The predicted molar refractivity (Wildman–Crippen MR) is 64.0 cm³/mol. The van der Waals surface area contributed by atoms with Crippen molar-refractivity contribution in [2.45, 2.75) is 19.8 Å². The molecule has 0 aliphatic heterocycles. The van der Waals surface area contributed by atoms with Gasteiger partial charge in [0.1, 0.15) is 11.5 Å². The molecule has 0 aromatic heterocycles. The van der Waals surface area contributed by atoms with Gasteiger partial charge >= 0.3 is 0 Å². The van der Waals surface area contributed by atoms with Crippen molar-refractivity contribution < 1.29 is 22.8 Å². The van der Waals surface area contributed by atoms with Crippen molar-refractivity contribution in [3.8, 4) is 11.5 Å². The van der Waals surface area contributed by atoms with Crippen LogP contribution in [-0.2, 0) is 10.1 Å². The van der Waals surface area contributed by atoms with Gasteiger partial charge in [-0.25, -0.2) is 0 Å². The average molecular weight is 260 g/mol. The molecule has 0 unspecified atom stereocenters. The molecule has 96 valence electrons. The van der Waals surface area contributed by atoms with E-state index in [9.17, 15) is 13.5 Å². The number of benzene rings is 1. The third-order valence-corrected chi connectivity index (χ3v) is 2.91. The zero-order valence-corrected chi connectivity index (χ0v) is 10.4. The van der Waals surface area contributed by atoms with E-state index in [2.05, 4.69) is 0 Å². The van der Waals surface area contributed by atoms with E-state index in [0.29, 0.717) is 25.2 Å². The van der Waals surface area contributed by atoms with Gasteiger partial charge in [-0.3, -0.25) is 4.55 Å². The Morgan fingerprint density at radius 1 is 1.24 bits per heavy atom. The van der Waals surface area contributed by atoms with E-state index in [1.807, 2.05) is 6.92 Å². The van der Waals surface area contributed by atoms with Gasteiger partial charge in [0.25, 0.3) is 10.1 Å². The normalized spacial score (nSPS) is 11.4. The Morgan fingerprint density at radius 3 is 2.53 bits per heavy atom. The second-order valence-corrected chi connectivity index (χ2v) is 5.42. The molecule has 1 aromatic rings. The number of aryl methyl sites for hydroxylation is 1. The highest BCUT2D eigenvalue weighted by Crippen LogP contribution is 2.21. The topological polar surface area (TPSA) is 83.8 Å². The summed E-state index contributed by atoms with van der Waals surface area (Å²) in [5.74, 6) is 0.433. The molecule has 0 aliphatic carbocycles. The van der Waals surface area contributed by atoms with Crippen LogP contribution in [-0.4, -0.2) is 30.4 Å². The summed E-state index contributed by atoms with van der Waals surface area (Å²) in [5, 5.41) is 9.31. The number of aromatic hydroxyl groups is 1. The highest BCUT2D eigenvalue weighted by molar-refractivity contribution is 7.85. The Hall–Kier alpha value is -1.27. The van der Waals surface area contributed by atoms with Crippen molar-refractivity contribution in [3.05, 3.63) is 23.8 Å². The summed E-state index contributed by atoms with van der Waals surface area (Å²) in [6.45, 7) is 2.18. The summed E-state index contributed by atoms with van der Waals surface area (Å²) in [6, 6.07) is 4.89. The van der Waals surface area contributed by atoms with Crippen LogP contribution in [0.15, 0.2) is 18.2 Å². The lowest BCUT2D eigenvalue weighted by atomic mass is 10.2. The van der Waals surface area contributed by atoms with Crippen LogP contribution in [0.2, 0.25) is 0 Å². The number of ether oxygens (including phenoxy) is 1. The van der Waals surface area contributed by atoms with Gasteiger partial charge in [0.15, 0.2) is 0 Å². The zero-order chi connectivity index (χ0) is 12.9. The minimum absolute atomic E-state index is 0.137. The van der Waals surface area contributed by atoms with E-state index in [1.165, 1.54) is 6.07 Å². The first-order valence-electron chi connectivity index (χ1n) is 5.25. The molecular formula is C11H16O5S. The maximum atomic E-state index is 10.4. The van der Waals surface area contributed by atoms with E-state index >= 15 is 0 Å². The van der Waals surface area contributed by atoms with Crippen molar-refractivity contribution in [1.29, 1.82) is 0 Å². The summed E-state index contributed by atoms with van der Waals surface area (Å²) in [7, 11) is -3.88. The fourth-order valence-corrected chi connectivity index (χ4v) is 1.96.